The maximum Gasteiger partial charge on any atom is 0.248 e. The zero-order valence-corrected chi connectivity index (χ0v) is 11.4. The van der Waals surface area contributed by atoms with Crippen molar-refractivity contribution in [3.8, 4) is 0 Å². The highest BCUT2D eigenvalue weighted by Gasteiger charge is 2.16. The van der Waals surface area contributed by atoms with Crippen molar-refractivity contribution in [2.45, 2.75) is 6.92 Å². The zero-order valence-electron chi connectivity index (χ0n) is 11.4. The fourth-order valence-electron chi connectivity index (χ4n) is 1.87. The van der Waals surface area contributed by atoms with Gasteiger partial charge in [0.1, 0.15) is 0 Å². The maximum absolute atomic E-state index is 11.5. The molecule has 0 spiro atoms. The number of nitrogens with one attached hydrogen (secondary N) is 1. The van der Waals surface area contributed by atoms with Gasteiger partial charge in [0.05, 0.1) is 17.3 Å². The molecule has 0 saturated heterocycles. The monoisotopic (exact) mass is 264 g/mol. The Bertz CT molecular complexity index is 488. The largest absolute Gasteiger partial charge is 0.397 e. The molecule has 19 heavy (non-hydrogen) atoms. The Morgan fingerprint density at radius 1 is 1.42 bits per heavy atom. The Morgan fingerprint density at radius 2 is 2.05 bits per heavy atom. The van der Waals surface area contributed by atoms with Gasteiger partial charge in [0.2, 0.25) is 11.8 Å². The molecule has 0 aromatic heterocycles. The van der Waals surface area contributed by atoms with Crippen molar-refractivity contribution in [1.29, 1.82) is 0 Å². The third-order valence-corrected chi connectivity index (χ3v) is 2.97. The van der Waals surface area contributed by atoms with Crippen LogP contribution in [0.1, 0.15) is 17.3 Å². The second-order valence-corrected chi connectivity index (χ2v) is 4.53. The van der Waals surface area contributed by atoms with E-state index >= 15 is 0 Å². The van der Waals surface area contributed by atoms with Gasteiger partial charge in [0, 0.05) is 26.2 Å². The standard InChI is InChI=1S/C13H20N4O2/c1-8(13(19)16-2)7-17(3)11-6-9(12(15)18)4-5-10(11)14/h4-6,8H,7,14H2,1-3H3,(H2,15,18)(H,16,19). The lowest BCUT2D eigenvalue weighted by atomic mass is 10.1. The van der Waals surface area contributed by atoms with Crippen molar-refractivity contribution in [3.05, 3.63) is 23.8 Å². The topological polar surface area (TPSA) is 101 Å². The fourth-order valence-corrected chi connectivity index (χ4v) is 1.87. The number of carbonyl (C=O) groups excluding carboxylic acids is 2. The number of nitrogen functional groups attached to an aromatic ring is 1. The minimum atomic E-state index is -0.506. The Balaban J connectivity index is 2.92. The van der Waals surface area contributed by atoms with Gasteiger partial charge < -0.3 is 21.7 Å². The van der Waals surface area contributed by atoms with Gasteiger partial charge in [-0.05, 0) is 18.2 Å². The van der Waals surface area contributed by atoms with Crippen LogP contribution in [0.15, 0.2) is 18.2 Å². The van der Waals surface area contributed by atoms with Crippen LogP contribution in [0.5, 0.6) is 0 Å². The molecule has 0 aliphatic carbocycles. The van der Waals surface area contributed by atoms with E-state index in [0.29, 0.717) is 23.5 Å². The summed E-state index contributed by atoms with van der Waals surface area (Å²) in [6.45, 7) is 2.32. The van der Waals surface area contributed by atoms with Crippen LogP contribution in [0.25, 0.3) is 0 Å². The third-order valence-electron chi connectivity index (χ3n) is 2.97. The smallest absolute Gasteiger partial charge is 0.248 e. The van der Waals surface area contributed by atoms with Crippen molar-refractivity contribution in [2.24, 2.45) is 11.7 Å². The van der Waals surface area contributed by atoms with Gasteiger partial charge in [-0.25, -0.2) is 0 Å². The SMILES string of the molecule is CNC(=O)C(C)CN(C)c1cc(C(N)=O)ccc1N. The maximum atomic E-state index is 11.5. The van der Waals surface area contributed by atoms with E-state index in [1.165, 1.54) is 0 Å². The Labute approximate surface area is 112 Å². The lowest BCUT2D eigenvalue weighted by molar-refractivity contribution is -0.123. The van der Waals surface area contributed by atoms with Crippen molar-refractivity contribution >= 4 is 23.2 Å². The van der Waals surface area contributed by atoms with E-state index < -0.39 is 5.91 Å². The normalized spacial score (nSPS) is 11.7. The van der Waals surface area contributed by atoms with E-state index in [1.54, 1.807) is 25.2 Å². The predicted molar refractivity (Wildman–Crippen MR) is 75.9 cm³/mol. The summed E-state index contributed by atoms with van der Waals surface area (Å²) in [5.74, 6) is -0.739. The molecule has 0 saturated carbocycles. The molecule has 1 atom stereocenters. The summed E-state index contributed by atoms with van der Waals surface area (Å²) >= 11 is 0. The molecule has 104 valence electrons. The average molecular weight is 264 g/mol. The number of anilines is 2. The van der Waals surface area contributed by atoms with Gasteiger partial charge in [-0.1, -0.05) is 6.92 Å². The van der Waals surface area contributed by atoms with Crippen LogP contribution in [0.2, 0.25) is 0 Å². The van der Waals surface area contributed by atoms with E-state index in [-0.39, 0.29) is 11.8 Å². The van der Waals surface area contributed by atoms with Crippen LogP contribution in [-0.4, -0.2) is 32.5 Å². The molecule has 0 aliphatic heterocycles. The van der Waals surface area contributed by atoms with E-state index in [0.717, 1.165) is 0 Å². The van der Waals surface area contributed by atoms with Gasteiger partial charge in [0.15, 0.2) is 0 Å². The first-order chi connectivity index (χ1) is 8.86. The summed E-state index contributed by atoms with van der Waals surface area (Å²) in [7, 11) is 3.41. The molecule has 0 fully saturated rings. The van der Waals surface area contributed by atoms with E-state index in [2.05, 4.69) is 5.32 Å². The number of benzene rings is 1. The quantitative estimate of drug-likeness (QED) is 0.660. The number of primary amides is 1. The van der Waals surface area contributed by atoms with Crippen molar-refractivity contribution in [2.75, 3.05) is 31.3 Å². The lowest BCUT2D eigenvalue weighted by Gasteiger charge is -2.24. The molecule has 6 nitrogen and oxygen atoms in total. The van der Waals surface area contributed by atoms with Gasteiger partial charge in [-0.15, -0.1) is 0 Å². The van der Waals surface area contributed by atoms with E-state index in [1.807, 2.05) is 18.9 Å². The number of carbonyl (C=O) groups is 2. The van der Waals surface area contributed by atoms with E-state index in [4.69, 9.17) is 11.5 Å². The molecule has 0 heterocycles. The molecular weight excluding hydrogens is 244 g/mol. The van der Waals surface area contributed by atoms with E-state index in [9.17, 15) is 9.59 Å². The number of hydrogen-bond donors (Lipinski definition) is 3. The van der Waals surface area contributed by atoms with Gasteiger partial charge in [0.25, 0.3) is 0 Å². The van der Waals surface area contributed by atoms with Gasteiger partial charge in [-0.3, -0.25) is 9.59 Å². The van der Waals surface area contributed by atoms with Crippen LogP contribution in [0.3, 0.4) is 0 Å². The van der Waals surface area contributed by atoms with Crippen molar-refractivity contribution in [3.63, 3.8) is 0 Å². The first kappa shape index (κ1) is 14.8. The Kier molecular flexibility index (Phi) is 4.74. The summed E-state index contributed by atoms with van der Waals surface area (Å²) in [5, 5.41) is 2.59. The number of nitrogens with two attached hydrogens (primary N) is 2. The number of hydrogen-bond acceptors (Lipinski definition) is 4. The molecule has 0 bridgehead atoms. The Morgan fingerprint density at radius 3 is 2.58 bits per heavy atom. The first-order valence-electron chi connectivity index (χ1n) is 5.98. The molecule has 1 aromatic carbocycles. The number of nitrogens with zero attached hydrogens (tertiary/aromatic N) is 1. The molecule has 1 rings (SSSR count). The molecule has 6 heteroatoms. The minimum Gasteiger partial charge on any atom is -0.397 e. The minimum absolute atomic E-state index is 0.0449. The third kappa shape index (κ3) is 3.61. The second-order valence-electron chi connectivity index (χ2n) is 4.53. The molecule has 5 N–H and O–H groups in total. The molecule has 2 amide bonds. The highest BCUT2D eigenvalue weighted by atomic mass is 16.2. The highest BCUT2D eigenvalue weighted by Crippen LogP contribution is 2.24. The van der Waals surface area contributed by atoms with Crippen molar-refractivity contribution < 1.29 is 9.59 Å². The molecule has 0 radical (unpaired) electrons. The summed E-state index contributed by atoms with van der Waals surface area (Å²) in [6.07, 6.45) is 0. The highest BCUT2D eigenvalue weighted by molar-refractivity contribution is 5.95. The van der Waals surface area contributed by atoms with Gasteiger partial charge in [-0.2, -0.15) is 0 Å². The predicted octanol–water partition coefficient (Wildman–Crippen LogP) is 0.186. The molecular formula is C13H20N4O2. The van der Waals surface area contributed by atoms with Crippen LogP contribution in [0.4, 0.5) is 11.4 Å². The number of amides is 2. The van der Waals surface area contributed by atoms with Crippen LogP contribution in [0, 0.1) is 5.92 Å². The number of rotatable bonds is 5. The Hall–Kier alpha value is -2.24. The summed E-state index contributed by atoms with van der Waals surface area (Å²) in [4.78, 5) is 24.5. The lowest BCUT2D eigenvalue weighted by Crippen LogP contribution is -2.34. The van der Waals surface area contributed by atoms with Gasteiger partial charge >= 0.3 is 0 Å². The first-order valence-corrected chi connectivity index (χ1v) is 5.98. The van der Waals surface area contributed by atoms with Crippen molar-refractivity contribution in [1.82, 2.24) is 5.32 Å². The summed E-state index contributed by atoms with van der Waals surface area (Å²) in [6, 6.07) is 4.85. The summed E-state index contributed by atoms with van der Waals surface area (Å²) < 4.78 is 0. The van der Waals surface area contributed by atoms with Crippen LogP contribution < -0.4 is 21.7 Å². The average Bonchev–Trinajstić information content (AvgIpc) is 2.37. The second kappa shape index (κ2) is 6.08. The summed E-state index contributed by atoms with van der Waals surface area (Å²) in [5.41, 5.74) is 12.7. The molecule has 1 aromatic rings. The molecule has 0 aliphatic rings. The zero-order chi connectivity index (χ0) is 14.6. The van der Waals surface area contributed by atoms with Crippen LogP contribution in [-0.2, 0) is 4.79 Å². The fraction of sp³-hybridized carbons (Fsp3) is 0.385. The molecule has 1 unspecified atom stereocenters. The van der Waals surface area contributed by atoms with Crippen LogP contribution >= 0.6 is 0 Å².